The predicted molar refractivity (Wildman–Crippen MR) is 115 cm³/mol. The van der Waals surface area contributed by atoms with Gasteiger partial charge in [0.1, 0.15) is 5.69 Å². The molecule has 3 rings (SSSR count). The lowest BCUT2D eigenvalue weighted by Gasteiger charge is -2.26. The van der Waals surface area contributed by atoms with E-state index in [0.29, 0.717) is 49.4 Å². The molecule has 1 aliphatic rings. The van der Waals surface area contributed by atoms with Gasteiger partial charge in [0.2, 0.25) is 0 Å². The highest BCUT2D eigenvalue weighted by molar-refractivity contribution is 5.82. The van der Waals surface area contributed by atoms with Crippen molar-refractivity contribution in [3.8, 4) is 11.5 Å². The van der Waals surface area contributed by atoms with Crippen LogP contribution in [0.1, 0.15) is 11.1 Å². The first-order valence-electron chi connectivity index (χ1n) is 10.00. The number of alkyl halides is 3. The Kier molecular flexibility index (Phi) is 7.89. The second-order valence-corrected chi connectivity index (χ2v) is 7.05. The number of hydrazone groups is 1. The van der Waals surface area contributed by atoms with Crippen LogP contribution in [0.4, 0.5) is 24.5 Å². The van der Waals surface area contributed by atoms with Crippen molar-refractivity contribution >= 4 is 23.5 Å². The Hall–Kier alpha value is -3.87. The maximum Gasteiger partial charge on any atom is 0.416 e. The minimum Gasteiger partial charge on any atom is -0.493 e. The third-order valence-electron chi connectivity index (χ3n) is 4.82. The number of morpholine rings is 1. The quantitative estimate of drug-likeness (QED) is 0.349. The highest BCUT2D eigenvalue weighted by atomic mass is 19.4. The standard InChI is InChI=1S/C21H21F3N4O6/c1-32-19-10-14(2-5-18(19)34-13-20(29)27-6-8-33-9-7-27)12-25-26-16-4-3-15(21(22,23)24)11-17(16)28(30)31/h2-5,10-12,26H,6-9,13H2,1H3/b25-12+. The number of rotatable bonds is 8. The predicted octanol–water partition coefficient (Wildman–Crippen LogP) is 3.31. The van der Waals surface area contributed by atoms with Gasteiger partial charge in [-0.2, -0.15) is 18.3 Å². The summed E-state index contributed by atoms with van der Waals surface area (Å²) in [5.74, 6) is 0.463. The number of benzene rings is 2. The van der Waals surface area contributed by atoms with Crippen LogP contribution in [0, 0.1) is 10.1 Å². The van der Waals surface area contributed by atoms with Gasteiger partial charge < -0.3 is 19.1 Å². The molecule has 13 heteroatoms. The molecule has 1 heterocycles. The minimum atomic E-state index is -4.71. The second kappa shape index (κ2) is 10.8. The zero-order valence-electron chi connectivity index (χ0n) is 18.0. The van der Waals surface area contributed by atoms with Gasteiger partial charge in [-0.3, -0.25) is 20.3 Å². The van der Waals surface area contributed by atoms with Crippen LogP contribution >= 0.6 is 0 Å². The number of nitro groups is 1. The molecule has 182 valence electrons. The van der Waals surface area contributed by atoms with Gasteiger partial charge in [-0.25, -0.2) is 0 Å². The molecule has 0 atom stereocenters. The third kappa shape index (κ3) is 6.34. The molecule has 34 heavy (non-hydrogen) atoms. The lowest BCUT2D eigenvalue weighted by atomic mass is 10.1. The average molecular weight is 482 g/mol. The fourth-order valence-electron chi connectivity index (χ4n) is 3.06. The molecule has 2 aromatic carbocycles. The topological polar surface area (TPSA) is 116 Å². The van der Waals surface area contributed by atoms with E-state index >= 15 is 0 Å². The van der Waals surface area contributed by atoms with Crippen LogP contribution in [0.3, 0.4) is 0 Å². The Morgan fingerprint density at radius 1 is 1.24 bits per heavy atom. The van der Waals surface area contributed by atoms with Gasteiger partial charge in [0.15, 0.2) is 18.1 Å². The summed E-state index contributed by atoms with van der Waals surface area (Å²) < 4.78 is 54.5. The average Bonchev–Trinajstić information content (AvgIpc) is 2.82. The number of nitrogens with one attached hydrogen (secondary N) is 1. The lowest BCUT2D eigenvalue weighted by molar-refractivity contribution is -0.384. The highest BCUT2D eigenvalue weighted by Crippen LogP contribution is 2.35. The smallest absolute Gasteiger partial charge is 0.416 e. The molecule has 0 aromatic heterocycles. The number of carbonyl (C=O) groups is 1. The normalized spacial score (nSPS) is 14.2. The van der Waals surface area contributed by atoms with Crippen LogP contribution in [0.25, 0.3) is 0 Å². The van der Waals surface area contributed by atoms with Crippen LogP contribution in [-0.4, -0.2) is 62.0 Å². The summed E-state index contributed by atoms with van der Waals surface area (Å²) in [6.45, 7) is 1.78. The van der Waals surface area contributed by atoms with E-state index in [4.69, 9.17) is 14.2 Å². The van der Waals surface area contributed by atoms with Gasteiger partial charge in [-0.15, -0.1) is 0 Å². The largest absolute Gasteiger partial charge is 0.493 e. The molecule has 2 aromatic rings. The molecule has 1 fully saturated rings. The molecule has 0 unspecified atom stereocenters. The number of nitrogens with zero attached hydrogens (tertiary/aromatic N) is 3. The summed E-state index contributed by atoms with van der Waals surface area (Å²) >= 11 is 0. The first-order valence-corrected chi connectivity index (χ1v) is 10.00. The van der Waals surface area contributed by atoms with E-state index in [1.54, 1.807) is 23.1 Å². The van der Waals surface area contributed by atoms with Crippen molar-refractivity contribution in [2.45, 2.75) is 6.18 Å². The molecule has 1 aliphatic heterocycles. The van der Waals surface area contributed by atoms with E-state index < -0.39 is 22.4 Å². The molecule has 0 saturated carbocycles. The van der Waals surface area contributed by atoms with Crippen molar-refractivity contribution in [3.63, 3.8) is 0 Å². The van der Waals surface area contributed by atoms with Crippen molar-refractivity contribution in [1.29, 1.82) is 0 Å². The number of carbonyl (C=O) groups excluding carboxylic acids is 1. The van der Waals surface area contributed by atoms with E-state index in [1.165, 1.54) is 13.3 Å². The fraction of sp³-hybridized carbons (Fsp3) is 0.333. The summed E-state index contributed by atoms with van der Waals surface area (Å²) in [6, 6.07) is 6.81. The molecule has 0 radical (unpaired) electrons. The number of anilines is 1. The summed E-state index contributed by atoms with van der Waals surface area (Å²) in [7, 11) is 1.41. The van der Waals surface area contributed by atoms with Crippen molar-refractivity contribution in [2.24, 2.45) is 5.10 Å². The number of methoxy groups -OCH3 is 1. The third-order valence-corrected chi connectivity index (χ3v) is 4.82. The van der Waals surface area contributed by atoms with Crippen molar-refractivity contribution in [1.82, 2.24) is 4.90 Å². The molecule has 10 nitrogen and oxygen atoms in total. The number of amides is 1. The molecule has 1 amide bonds. The SMILES string of the molecule is COc1cc(/C=N/Nc2ccc(C(F)(F)F)cc2[N+](=O)[O-])ccc1OCC(=O)N1CCOCC1. The molecule has 0 spiro atoms. The van der Waals surface area contributed by atoms with E-state index in [0.717, 1.165) is 12.1 Å². The van der Waals surface area contributed by atoms with Crippen LogP contribution in [-0.2, 0) is 15.7 Å². The Labute approximate surface area is 192 Å². The van der Waals surface area contributed by atoms with Gasteiger partial charge in [-0.1, -0.05) is 0 Å². The maximum absolute atomic E-state index is 12.8. The van der Waals surface area contributed by atoms with E-state index in [2.05, 4.69) is 10.5 Å². The number of ether oxygens (including phenoxy) is 3. The van der Waals surface area contributed by atoms with Crippen LogP contribution in [0.15, 0.2) is 41.5 Å². The fourth-order valence-corrected chi connectivity index (χ4v) is 3.06. The van der Waals surface area contributed by atoms with Crippen LogP contribution in [0.5, 0.6) is 11.5 Å². The molecule has 1 saturated heterocycles. The summed E-state index contributed by atoms with van der Waals surface area (Å²) in [5.41, 5.74) is 0.775. The van der Waals surface area contributed by atoms with Crippen molar-refractivity contribution in [3.05, 3.63) is 57.6 Å². The number of halogens is 3. The molecule has 0 bridgehead atoms. The van der Waals surface area contributed by atoms with Gasteiger partial charge in [0, 0.05) is 19.2 Å². The van der Waals surface area contributed by atoms with Gasteiger partial charge in [0.05, 0.1) is 37.0 Å². The Balaban J connectivity index is 1.66. The van der Waals surface area contributed by atoms with Crippen LogP contribution < -0.4 is 14.9 Å². The highest BCUT2D eigenvalue weighted by Gasteiger charge is 2.33. The van der Waals surface area contributed by atoms with Gasteiger partial charge in [-0.05, 0) is 35.9 Å². The summed E-state index contributed by atoms with van der Waals surface area (Å²) in [6.07, 6.45) is -3.41. The number of hydrogen-bond donors (Lipinski definition) is 1. The Morgan fingerprint density at radius 2 is 1.97 bits per heavy atom. The molecule has 1 N–H and O–H groups in total. The van der Waals surface area contributed by atoms with Crippen molar-refractivity contribution in [2.75, 3.05) is 45.4 Å². The van der Waals surface area contributed by atoms with Gasteiger partial charge >= 0.3 is 6.18 Å². The molecular formula is C21H21F3N4O6. The Morgan fingerprint density at radius 3 is 2.62 bits per heavy atom. The zero-order chi connectivity index (χ0) is 24.7. The molecular weight excluding hydrogens is 461 g/mol. The first kappa shape index (κ1) is 24.8. The van der Waals surface area contributed by atoms with E-state index in [-0.39, 0.29) is 18.2 Å². The second-order valence-electron chi connectivity index (χ2n) is 7.05. The molecule has 0 aliphatic carbocycles. The van der Waals surface area contributed by atoms with Crippen molar-refractivity contribution < 1.29 is 37.1 Å². The number of nitro benzene ring substituents is 1. The van der Waals surface area contributed by atoms with Gasteiger partial charge in [0.25, 0.3) is 11.6 Å². The van der Waals surface area contributed by atoms with E-state index in [1.807, 2.05) is 0 Å². The summed E-state index contributed by atoms with van der Waals surface area (Å²) in [5, 5.41) is 15.0. The number of hydrogen-bond acceptors (Lipinski definition) is 8. The van der Waals surface area contributed by atoms with Crippen LogP contribution in [0.2, 0.25) is 0 Å². The maximum atomic E-state index is 12.8. The minimum absolute atomic E-state index is 0.178. The lowest BCUT2D eigenvalue weighted by Crippen LogP contribution is -2.43. The monoisotopic (exact) mass is 482 g/mol. The Bertz CT molecular complexity index is 1070. The zero-order valence-corrected chi connectivity index (χ0v) is 18.0. The summed E-state index contributed by atoms with van der Waals surface area (Å²) in [4.78, 5) is 24.1. The van der Waals surface area contributed by atoms with E-state index in [9.17, 15) is 28.1 Å². The first-order chi connectivity index (χ1) is 16.2.